The van der Waals surface area contributed by atoms with Crippen molar-refractivity contribution in [2.45, 2.75) is 0 Å². The number of rotatable bonds is 4. The van der Waals surface area contributed by atoms with Gasteiger partial charge in [0.1, 0.15) is 5.65 Å². The molecule has 0 bridgehead atoms. The van der Waals surface area contributed by atoms with Crippen LogP contribution in [-0.2, 0) is 0 Å². The average molecular weight is 675 g/mol. The molecule has 7 aromatic carbocycles. The van der Waals surface area contributed by atoms with Crippen molar-refractivity contribution in [1.29, 1.82) is 0 Å². The third kappa shape index (κ3) is 4.59. The number of para-hydroxylation sites is 3. The minimum Gasteiger partial charge on any atom is -0.292 e. The molecule has 0 aliphatic rings. The SMILES string of the molecule is c1ccc(-c2cccc(-c3c4ccccc4c(-c4ccc(-c5cc6c(cn5)c5ccccc5n5c7ccccc7nc65)cc4)c4ccccc34)c2)nc1. The quantitative estimate of drug-likeness (QED) is 0.138. The van der Waals surface area contributed by atoms with Crippen LogP contribution in [0.15, 0.2) is 182 Å². The molecule has 4 heteroatoms. The summed E-state index contributed by atoms with van der Waals surface area (Å²) < 4.78 is 2.29. The summed E-state index contributed by atoms with van der Waals surface area (Å²) in [6.45, 7) is 0. The first-order valence-electron chi connectivity index (χ1n) is 17.9. The lowest BCUT2D eigenvalue weighted by atomic mass is 9.85. The summed E-state index contributed by atoms with van der Waals surface area (Å²) in [7, 11) is 0. The van der Waals surface area contributed by atoms with Gasteiger partial charge < -0.3 is 0 Å². The number of fused-ring (bicyclic) bond motifs is 10. The van der Waals surface area contributed by atoms with Gasteiger partial charge in [0.2, 0.25) is 0 Å². The minimum atomic E-state index is 0.922. The van der Waals surface area contributed by atoms with Gasteiger partial charge in [0.15, 0.2) is 0 Å². The third-order valence-electron chi connectivity index (χ3n) is 10.7. The van der Waals surface area contributed by atoms with Crippen LogP contribution in [0.2, 0.25) is 0 Å². The molecule has 4 heterocycles. The number of benzene rings is 7. The number of imidazole rings is 1. The molecular formula is C49H30N4. The molecule has 0 radical (unpaired) electrons. The maximum absolute atomic E-state index is 5.12. The Balaban J connectivity index is 1.07. The van der Waals surface area contributed by atoms with E-state index in [0.29, 0.717) is 0 Å². The van der Waals surface area contributed by atoms with E-state index < -0.39 is 0 Å². The highest BCUT2D eigenvalue weighted by Gasteiger charge is 2.18. The van der Waals surface area contributed by atoms with E-state index in [1.165, 1.54) is 49.2 Å². The number of hydrogen-bond acceptors (Lipinski definition) is 3. The van der Waals surface area contributed by atoms with Crippen molar-refractivity contribution in [3.63, 3.8) is 0 Å². The van der Waals surface area contributed by atoms with Crippen LogP contribution in [0.5, 0.6) is 0 Å². The molecule has 0 saturated carbocycles. The van der Waals surface area contributed by atoms with Gasteiger partial charge in [0.05, 0.1) is 27.9 Å². The van der Waals surface area contributed by atoms with Crippen LogP contribution in [0, 0.1) is 0 Å². The van der Waals surface area contributed by atoms with Crippen molar-refractivity contribution in [3.05, 3.63) is 182 Å². The Morgan fingerprint density at radius 1 is 0.358 bits per heavy atom. The van der Waals surface area contributed by atoms with Crippen molar-refractivity contribution >= 4 is 59.9 Å². The van der Waals surface area contributed by atoms with E-state index in [2.05, 4.69) is 167 Å². The average Bonchev–Trinajstić information content (AvgIpc) is 3.63. The van der Waals surface area contributed by atoms with Crippen molar-refractivity contribution < 1.29 is 0 Å². The van der Waals surface area contributed by atoms with Crippen molar-refractivity contribution in [2.24, 2.45) is 0 Å². The Labute approximate surface area is 305 Å². The lowest BCUT2D eigenvalue weighted by Crippen LogP contribution is -1.93. The van der Waals surface area contributed by atoms with Gasteiger partial charge in [-0.25, -0.2) is 4.98 Å². The summed E-state index contributed by atoms with van der Waals surface area (Å²) in [5.41, 5.74) is 13.1. The minimum absolute atomic E-state index is 0.922. The molecule has 11 rings (SSSR count). The van der Waals surface area contributed by atoms with Crippen LogP contribution < -0.4 is 0 Å². The van der Waals surface area contributed by atoms with E-state index in [1.54, 1.807) is 0 Å². The maximum Gasteiger partial charge on any atom is 0.146 e. The Morgan fingerprint density at radius 3 is 1.68 bits per heavy atom. The molecule has 0 atom stereocenters. The van der Waals surface area contributed by atoms with Crippen molar-refractivity contribution in [2.75, 3.05) is 0 Å². The van der Waals surface area contributed by atoms with Gasteiger partial charge in [-0.15, -0.1) is 0 Å². The van der Waals surface area contributed by atoms with Gasteiger partial charge >= 0.3 is 0 Å². The van der Waals surface area contributed by atoms with E-state index >= 15 is 0 Å². The summed E-state index contributed by atoms with van der Waals surface area (Å²) in [5, 5.41) is 8.26. The Bertz CT molecular complexity index is 3160. The molecule has 0 N–H and O–H groups in total. The first-order valence-corrected chi connectivity index (χ1v) is 17.9. The Kier molecular flexibility index (Phi) is 6.52. The summed E-state index contributed by atoms with van der Waals surface area (Å²) in [5.74, 6) is 0. The van der Waals surface area contributed by atoms with Gasteiger partial charge in [-0.2, -0.15) is 0 Å². The lowest BCUT2D eigenvalue weighted by molar-refractivity contribution is 1.30. The van der Waals surface area contributed by atoms with Gasteiger partial charge in [-0.05, 0) is 86.3 Å². The summed E-state index contributed by atoms with van der Waals surface area (Å²) in [6.07, 6.45) is 3.87. The molecule has 0 aliphatic heterocycles. The molecule has 11 aromatic rings. The number of hydrogen-bond donors (Lipinski definition) is 0. The molecular weight excluding hydrogens is 645 g/mol. The maximum atomic E-state index is 5.12. The highest BCUT2D eigenvalue weighted by Crippen LogP contribution is 2.44. The van der Waals surface area contributed by atoms with Gasteiger partial charge in [-0.3, -0.25) is 14.4 Å². The first kappa shape index (κ1) is 29.5. The molecule has 0 saturated heterocycles. The second kappa shape index (κ2) is 11.7. The Hall–Kier alpha value is -7.17. The highest BCUT2D eigenvalue weighted by atomic mass is 15.0. The Morgan fingerprint density at radius 2 is 0.962 bits per heavy atom. The zero-order chi connectivity index (χ0) is 34.9. The van der Waals surface area contributed by atoms with E-state index in [1.807, 2.05) is 24.5 Å². The fourth-order valence-electron chi connectivity index (χ4n) is 8.29. The second-order valence-corrected chi connectivity index (χ2v) is 13.6. The number of nitrogens with zero attached hydrogens (tertiary/aromatic N) is 4. The molecule has 4 aromatic heterocycles. The van der Waals surface area contributed by atoms with Gasteiger partial charge in [-0.1, -0.05) is 127 Å². The monoisotopic (exact) mass is 674 g/mol. The van der Waals surface area contributed by atoms with Crippen LogP contribution in [0.4, 0.5) is 0 Å². The van der Waals surface area contributed by atoms with Crippen LogP contribution in [0.25, 0.3) is 105 Å². The fraction of sp³-hybridized carbons (Fsp3) is 0. The second-order valence-electron chi connectivity index (χ2n) is 13.6. The molecule has 246 valence electrons. The molecule has 0 amide bonds. The first-order chi connectivity index (χ1) is 26.3. The molecule has 0 unspecified atom stereocenters. The van der Waals surface area contributed by atoms with E-state index in [0.717, 1.165) is 55.5 Å². The fourth-order valence-corrected chi connectivity index (χ4v) is 8.29. The lowest BCUT2D eigenvalue weighted by Gasteiger charge is -2.18. The molecule has 4 nitrogen and oxygen atoms in total. The summed E-state index contributed by atoms with van der Waals surface area (Å²) in [6, 6.07) is 60.4. The van der Waals surface area contributed by atoms with Crippen LogP contribution in [-0.4, -0.2) is 19.4 Å². The highest BCUT2D eigenvalue weighted by molar-refractivity contribution is 6.21. The van der Waals surface area contributed by atoms with E-state index in [4.69, 9.17) is 9.97 Å². The largest absolute Gasteiger partial charge is 0.292 e. The number of aromatic nitrogens is 4. The number of pyridine rings is 3. The molecule has 0 spiro atoms. The third-order valence-corrected chi connectivity index (χ3v) is 10.7. The smallest absolute Gasteiger partial charge is 0.146 e. The van der Waals surface area contributed by atoms with Crippen LogP contribution in [0.1, 0.15) is 0 Å². The van der Waals surface area contributed by atoms with Crippen LogP contribution >= 0.6 is 0 Å². The summed E-state index contributed by atoms with van der Waals surface area (Å²) in [4.78, 5) is 14.8. The predicted molar refractivity (Wildman–Crippen MR) is 220 cm³/mol. The predicted octanol–water partition coefficient (Wildman–Crippen LogP) is 12.6. The van der Waals surface area contributed by atoms with Crippen molar-refractivity contribution in [1.82, 2.24) is 19.4 Å². The van der Waals surface area contributed by atoms with E-state index in [-0.39, 0.29) is 0 Å². The standard InChI is InChI=1S/C49H30N4/c1-3-17-38-36(15-1)47(37-16-2-4-18-39(37)48(38)34-13-11-12-33(28-34)42-19-9-10-27-50-42)32-25-23-31(24-26-32)44-29-40-41(30-51-44)35-14-5-7-21-45(35)53-46-22-8-6-20-43(46)52-49(40)53/h1-30H. The molecule has 53 heavy (non-hydrogen) atoms. The van der Waals surface area contributed by atoms with Crippen molar-refractivity contribution in [3.8, 4) is 44.8 Å². The molecule has 0 fully saturated rings. The van der Waals surface area contributed by atoms with Gasteiger partial charge in [0.25, 0.3) is 0 Å². The zero-order valence-corrected chi connectivity index (χ0v) is 28.6. The topological polar surface area (TPSA) is 43.1 Å². The van der Waals surface area contributed by atoms with E-state index in [9.17, 15) is 0 Å². The normalized spacial score (nSPS) is 11.8. The van der Waals surface area contributed by atoms with Crippen LogP contribution in [0.3, 0.4) is 0 Å². The molecule has 0 aliphatic carbocycles. The van der Waals surface area contributed by atoms with Gasteiger partial charge in [0, 0.05) is 39.7 Å². The summed E-state index contributed by atoms with van der Waals surface area (Å²) >= 11 is 0. The zero-order valence-electron chi connectivity index (χ0n) is 28.6.